The summed E-state index contributed by atoms with van der Waals surface area (Å²) in [6, 6.07) is 0. The maximum atomic E-state index is 4.78. The van der Waals surface area contributed by atoms with Gasteiger partial charge in [0.25, 0.3) is 0 Å². The summed E-state index contributed by atoms with van der Waals surface area (Å²) in [7, 11) is 0. The maximum absolute atomic E-state index is 4.78. The van der Waals surface area contributed by atoms with Gasteiger partial charge in [-0.25, -0.2) is 0 Å². The number of rotatable bonds is 0. The Morgan fingerprint density at radius 1 is 1.80 bits per heavy atom. The van der Waals surface area contributed by atoms with E-state index in [4.69, 9.17) is 6.42 Å². The van der Waals surface area contributed by atoms with Crippen molar-refractivity contribution in [2.24, 2.45) is 0 Å². The fourth-order valence-corrected chi connectivity index (χ4v) is 0. The number of terminal acetylenes is 1. The van der Waals surface area contributed by atoms with Crippen molar-refractivity contribution in [3.8, 4) is 12.3 Å². The molecule has 5 heavy (non-hydrogen) atoms. The summed E-state index contributed by atoms with van der Waals surface area (Å²) < 4.78 is 0. The minimum atomic E-state index is 0. The molecule has 0 aliphatic heterocycles. The molecule has 27 valence electrons. The maximum Gasteiger partial charge on any atom is 3.00 e. The molecule has 0 heterocycles. The third kappa shape index (κ3) is 15.1. The molecule has 1 heteroatoms. The zero-order valence-electron chi connectivity index (χ0n) is 3.14. The van der Waals surface area contributed by atoms with Gasteiger partial charge in [0, 0.05) is 6.42 Å². The van der Waals surface area contributed by atoms with Gasteiger partial charge in [0.05, 0.1) is 0 Å². The predicted molar refractivity (Wildman–Crippen MR) is 19.1 cm³/mol. The minimum Gasteiger partial charge on any atom is -0.120 e. The monoisotopic (exact) mass is 110 g/mol. The fourth-order valence-electron chi connectivity index (χ4n) is 0. The summed E-state index contributed by atoms with van der Waals surface area (Å²) in [5.41, 5.74) is 0. The predicted octanol–water partition coefficient (Wildman–Crippen LogP) is 1.03. The molecule has 0 rings (SSSR count). The summed E-state index contributed by atoms with van der Waals surface area (Å²) >= 11 is 0. The van der Waals surface area contributed by atoms with E-state index in [-0.39, 0.29) is 17.1 Å². The first-order valence-electron chi connectivity index (χ1n) is 1.35. The Morgan fingerprint density at radius 2 is 2.00 bits per heavy atom. The Morgan fingerprint density at radius 3 is 2.00 bits per heavy atom. The van der Waals surface area contributed by atoms with Crippen LogP contribution >= 0.6 is 0 Å². The van der Waals surface area contributed by atoms with Crippen LogP contribution in [0, 0.1) is 12.3 Å². The smallest absolute Gasteiger partial charge is 0.120 e. The Balaban J connectivity index is 0. The molecule has 0 nitrogen and oxygen atoms in total. The van der Waals surface area contributed by atoms with E-state index in [0.29, 0.717) is 0 Å². The summed E-state index contributed by atoms with van der Waals surface area (Å²) in [6.45, 7) is 1.94. The Bertz CT molecular complexity index is 33.4. The van der Waals surface area contributed by atoms with Gasteiger partial charge >= 0.3 is 17.1 Å². The molecule has 0 aliphatic rings. The molecule has 0 saturated heterocycles. The molecule has 0 aromatic heterocycles. The molecule has 0 aromatic carbocycles. The Hall–Kier alpha value is 0.0795. The summed E-state index contributed by atoms with van der Waals surface area (Å²) in [5, 5.41) is 0. The van der Waals surface area contributed by atoms with Crippen LogP contribution in [0.5, 0.6) is 0 Å². The average molecular weight is 110 g/mol. The molecule has 0 spiro atoms. The van der Waals surface area contributed by atoms with E-state index >= 15 is 0 Å². The third-order valence-electron chi connectivity index (χ3n) is 0.204. The van der Waals surface area contributed by atoms with Crippen molar-refractivity contribution in [2.75, 3.05) is 0 Å². The van der Waals surface area contributed by atoms with E-state index in [1.807, 2.05) is 6.92 Å². The van der Waals surface area contributed by atoms with Gasteiger partial charge in [0.1, 0.15) is 0 Å². The first-order chi connectivity index (χ1) is 1.91. The van der Waals surface area contributed by atoms with Crippen molar-refractivity contribution in [1.82, 2.24) is 0 Å². The van der Waals surface area contributed by atoms with Gasteiger partial charge in [-0.3, -0.25) is 0 Å². The number of hydrogen-bond acceptors (Lipinski definition) is 0. The molecule has 0 fully saturated rings. The standard InChI is InChI=1S/C4H6.Fe/c1-3-4-2;/h1H,4H2,2H3;/q;+3. The summed E-state index contributed by atoms with van der Waals surface area (Å²) in [5.74, 6) is 2.43. The molecular weight excluding hydrogens is 104 g/mol. The van der Waals surface area contributed by atoms with Crippen molar-refractivity contribution >= 4 is 0 Å². The second kappa shape index (κ2) is 8.95. The first-order valence-corrected chi connectivity index (χ1v) is 1.35. The SMILES string of the molecule is C#CCC.[Fe+3]. The second-order valence-corrected chi connectivity index (χ2v) is 0.558. The first kappa shape index (κ1) is 8.91. The number of hydrogen-bond donors (Lipinski definition) is 0. The molecule has 0 N–H and O–H groups in total. The van der Waals surface area contributed by atoms with Crippen LogP contribution in [-0.4, -0.2) is 0 Å². The van der Waals surface area contributed by atoms with Crippen LogP contribution in [0.2, 0.25) is 0 Å². The fraction of sp³-hybridized carbons (Fsp3) is 0.500. The van der Waals surface area contributed by atoms with E-state index < -0.39 is 0 Å². The topological polar surface area (TPSA) is 0 Å². The molecule has 1 radical (unpaired) electrons. The third-order valence-corrected chi connectivity index (χ3v) is 0.204. The average Bonchev–Trinajstić information content (AvgIpc) is 1.37. The van der Waals surface area contributed by atoms with Crippen LogP contribution in [0.1, 0.15) is 13.3 Å². The van der Waals surface area contributed by atoms with Crippen molar-refractivity contribution in [2.45, 2.75) is 13.3 Å². The van der Waals surface area contributed by atoms with Crippen LogP contribution in [0.15, 0.2) is 0 Å². The molecule has 0 aliphatic carbocycles. The van der Waals surface area contributed by atoms with Crippen molar-refractivity contribution in [1.29, 1.82) is 0 Å². The van der Waals surface area contributed by atoms with Gasteiger partial charge in [0.2, 0.25) is 0 Å². The second-order valence-electron chi connectivity index (χ2n) is 0.558. The molecule has 0 amide bonds. The quantitative estimate of drug-likeness (QED) is 0.322. The molecule has 0 unspecified atom stereocenters. The molecule has 0 saturated carbocycles. The Labute approximate surface area is 43.4 Å². The zero-order chi connectivity index (χ0) is 3.41. The van der Waals surface area contributed by atoms with Crippen molar-refractivity contribution in [3.63, 3.8) is 0 Å². The van der Waals surface area contributed by atoms with Crippen LogP contribution in [0.4, 0.5) is 0 Å². The molecular formula is C4H6Fe+3. The zero-order valence-corrected chi connectivity index (χ0v) is 4.24. The summed E-state index contributed by atoms with van der Waals surface area (Å²) in [6.07, 6.45) is 5.62. The molecule has 0 bridgehead atoms. The van der Waals surface area contributed by atoms with Crippen molar-refractivity contribution in [3.05, 3.63) is 0 Å². The van der Waals surface area contributed by atoms with E-state index in [9.17, 15) is 0 Å². The summed E-state index contributed by atoms with van der Waals surface area (Å²) in [4.78, 5) is 0. The van der Waals surface area contributed by atoms with Gasteiger partial charge in [-0.05, 0) is 0 Å². The van der Waals surface area contributed by atoms with Gasteiger partial charge in [-0.15, -0.1) is 12.3 Å². The van der Waals surface area contributed by atoms with Crippen LogP contribution in [0.25, 0.3) is 0 Å². The van der Waals surface area contributed by atoms with Crippen LogP contribution < -0.4 is 0 Å². The van der Waals surface area contributed by atoms with E-state index in [1.165, 1.54) is 0 Å². The van der Waals surface area contributed by atoms with Crippen LogP contribution in [-0.2, 0) is 17.1 Å². The molecule has 0 atom stereocenters. The van der Waals surface area contributed by atoms with Gasteiger partial charge in [0.15, 0.2) is 0 Å². The van der Waals surface area contributed by atoms with E-state index in [0.717, 1.165) is 6.42 Å². The van der Waals surface area contributed by atoms with Gasteiger partial charge < -0.3 is 0 Å². The Kier molecular flexibility index (Phi) is 15.9. The van der Waals surface area contributed by atoms with E-state index in [2.05, 4.69) is 5.92 Å². The van der Waals surface area contributed by atoms with Gasteiger partial charge in [-0.2, -0.15) is 0 Å². The minimum absolute atomic E-state index is 0. The van der Waals surface area contributed by atoms with Crippen molar-refractivity contribution < 1.29 is 17.1 Å². The largest absolute Gasteiger partial charge is 3.00 e. The van der Waals surface area contributed by atoms with Gasteiger partial charge in [-0.1, -0.05) is 6.92 Å². The van der Waals surface area contributed by atoms with E-state index in [1.54, 1.807) is 0 Å². The normalized spacial score (nSPS) is 4.00. The van der Waals surface area contributed by atoms with Crippen LogP contribution in [0.3, 0.4) is 0 Å². The molecule has 0 aromatic rings.